The highest BCUT2D eigenvalue weighted by Gasteiger charge is 2.20. The van der Waals surface area contributed by atoms with E-state index in [1.54, 1.807) is 12.1 Å². The Morgan fingerprint density at radius 3 is 1.73 bits per heavy atom. The highest BCUT2D eigenvalue weighted by molar-refractivity contribution is 6.03. The molecular weight excluding hydrogens is 328 g/mol. The number of carbonyl (C=O) groups excluding carboxylic acids is 2. The van der Waals surface area contributed by atoms with E-state index in [1.165, 1.54) is 0 Å². The lowest BCUT2D eigenvalue weighted by Gasteiger charge is -2.13. The highest BCUT2D eigenvalue weighted by Crippen LogP contribution is 2.18. The van der Waals surface area contributed by atoms with Crippen LogP contribution in [0.5, 0.6) is 0 Å². The molecule has 0 fully saturated rings. The smallest absolute Gasteiger partial charge is 0.339 e. The predicted molar refractivity (Wildman–Crippen MR) is 104 cm³/mol. The molecule has 0 aliphatic heterocycles. The minimum absolute atomic E-state index is 0.288. The van der Waals surface area contributed by atoms with Gasteiger partial charge in [0.15, 0.2) is 0 Å². The van der Waals surface area contributed by atoms with Gasteiger partial charge in [-0.2, -0.15) is 0 Å². The number of ether oxygens (including phenoxy) is 2. The third-order valence-corrected chi connectivity index (χ3v) is 4.02. The standard InChI is InChI=1S/C22H34O4/c1-15(2)9-11-25-21(23)19-8-7-18(13-17(5)6)14-20(19)22(24)26-12-10-16(3)4/h7-8,14-17H,9-13H2,1-6H3. The van der Waals surface area contributed by atoms with Crippen LogP contribution in [0.25, 0.3) is 0 Å². The van der Waals surface area contributed by atoms with Crippen molar-refractivity contribution in [3.63, 3.8) is 0 Å². The van der Waals surface area contributed by atoms with Crippen LogP contribution in [0.1, 0.15) is 80.7 Å². The highest BCUT2D eigenvalue weighted by atomic mass is 16.5. The maximum Gasteiger partial charge on any atom is 0.339 e. The number of hydrogen-bond donors (Lipinski definition) is 0. The first-order valence-electron chi connectivity index (χ1n) is 9.67. The molecule has 1 rings (SSSR count). The molecule has 0 aromatic heterocycles. The molecule has 0 atom stereocenters. The van der Waals surface area contributed by atoms with Gasteiger partial charge in [0.05, 0.1) is 24.3 Å². The lowest BCUT2D eigenvalue weighted by Crippen LogP contribution is -2.16. The van der Waals surface area contributed by atoms with Crippen LogP contribution in [-0.2, 0) is 15.9 Å². The molecule has 0 unspecified atom stereocenters. The normalized spacial score (nSPS) is 11.3. The van der Waals surface area contributed by atoms with Crippen molar-refractivity contribution in [2.45, 2.75) is 60.8 Å². The molecule has 0 saturated carbocycles. The van der Waals surface area contributed by atoms with Gasteiger partial charge in [-0.3, -0.25) is 0 Å². The van der Waals surface area contributed by atoms with Gasteiger partial charge in [-0.1, -0.05) is 47.6 Å². The number of rotatable bonds is 10. The van der Waals surface area contributed by atoms with Crippen LogP contribution in [-0.4, -0.2) is 25.2 Å². The fourth-order valence-electron chi connectivity index (χ4n) is 2.47. The SMILES string of the molecule is CC(C)CCOC(=O)c1ccc(CC(C)C)cc1C(=O)OCCC(C)C. The zero-order valence-electron chi connectivity index (χ0n) is 17.1. The lowest BCUT2D eigenvalue weighted by atomic mass is 9.98. The average molecular weight is 363 g/mol. The molecule has 146 valence electrons. The third kappa shape index (κ3) is 8.03. The zero-order valence-corrected chi connectivity index (χ0v) is 17.1. The van der Waals surface area contributed by atoms with E-state index < -0.39 is 11.9 Å². The van der Waals surface area contributed by atoms with Crippen molar-refractivity contribution in [3.05, 3.63) is 34.9 Å². The Kier molecular flexibility index (Phi) is 9.39. The largest absolute Gasteiger partial charge is 0.462 e. The Labute approximate surface area is 158 Å². The van der Waals surface area contributed by atoms with E-state index >= 15 is 0 Å². The third-order valence-electron chi connectivity index (χ3n) is 4.02. The molecule has 0 spiro atoms. The molecule has 0 bridgehead atoms. The van der Waals surface area contributed by atoms with Crippen molar-refractivity contribution in [2.24, 2.45) is 17.8 Å². The Morgan fingerprint density at radius 2 is 1.27 bits per heavy atom. The fraction of sp³-hybridized carbons (Fsp3) is 0.636. The topological polar surface area (TPSA) is 52.6 Å². The van der Waals surface area contributed by atoms with Crippen molar-refractivity contribution < 1.29 is 19.1 Å². The lowest BCUT2D eigenvalue weighted by molar-refractivity contribution is 0.0440. The Morgan fingerprint density at radius 1 is 0.769 bits per heavy atom. The van der Waals surface area contributed by atoms with E-state index in [2.05, 4.69) is 41.5 Å². The first-order chi connectivity index (χ1) is 12.2. The summed E-state index contributed by atoms with van der Waals surface area (Å²) in [6.07, 6.45) is 2.44. The van der Waals surface area contributed by atoms with Gasteiger partial charge in [0, 0.05) is 0 Å². The Balaban J connectivity index is 2.95. The van der Waals surface area contributed by atoms with Gasteiger partial charge in [-0.15, -0.1) is 0 Å². The van der Waals surface area contributed by atoms with E-state index in [1.807, 2.05) is 6.07 Å². The molecule has 1 aromatic rings. The summed E-state index contributed by atoms with van der Waals surface area (Å²) in [6.45, 7) is 13.3. The summed E-state index contributed by atoms with van der Waals surface area (Å²) in [5.74, 6) is 0.459. The predicted octanol–water partition coefficient (Wildman–Crippen LogP) is 5.29. The van der Waals surface area contributed by atoms with E-state index in [0.717, 1.165) is 24.8 Å². The van der Waals surface area contributed by atoms with E-state index in [9.17, 15) is 9.59 Å². The Hall–Kier alpha value is -1.84. The molecule has 26 heavy (non-hydrogen) atoms. The van der Waals surface area contributed by atoms with Crippen LogP contribution in [0.2, 0.25) is 0 Å². The summed E-state index contributed by atoms with van der Waals surface area (Å²) in [5, 5.41) is 0. The maximum atomic E-state index is 12.5. The minimum atomic E-state index is -0.461. The molecule has 0 aliphatic carbocycles. The van der Waals surface area contributed by atoms with Crippen molar-refractivity contribution in [2.75, 3.05) is 13.2 Å². The summed E-state index contributed by atoms with van der Waals surface area (Å²) in [7, 11) is 0. The summed E-state index contributed by atoms with van der Waals surface area (Å²) in [6, 6.07) is 5.36. The van der Waals surface area contributed by atoms with Crippen LogP contribution < -0.4 is 0 Å². The maximum absolute atomic E-state index is 12.5. The van der Waals surface area contributed by atoms with Gasteiger partial charge in [0.2, 0.25) is 0 Å². The van der Waals surface area contributed by atoms with E-state index in [4.69, 9.17) is 9.47 Å². The van der Waals surface area contributed by atoms with Crippen LogP contribution >= 0.6 is 0 Å². The van der Waals surface area contributed by atoms with Crippen molar-refractivity contribution >= 4 is 11.9 Å². The van der Waals surface area contributed by atoms with Crippen molar-refractivity contribution in [1.29, 1.82) is 0 Å². The molecule has 4 heteroatoms. The molecule has 4 nitrogen and oxygen atoms in total. The molecular formula is C22H34O4. The molecule has 1 aromatic carbocycles. The number of carbonyl (C=O) groups is 2. The van der Waals surface area contributed by atoms with Crippen molar-refractivity contribution in [1.82, 2.24) is 0 Å². The second-order valence-electron chi connectivity index (χ2n) is 8.11. The van der Waals surface area contributed by atoms with Crippen LogP contribution in [0.15, 0.2) is 18.2 Å². The molecule has 0 N–H and O–H groups in total. The van der Waals surface area contributed by atoms with Crippen LogP contribution in [0.3, 0.4) is 0 Å². The Bertz CT molecular complexity index is 588. The fourth-order valence-corrected chi connectivity index (χ4v) is 2.47. The summed E-state index contributed by atoms with van der Waals surface area (Å²) < 4.78 is 10.7. The van der Waals surface area contributed by atoms with Gasteiger partial charge in [-0.05, 0) is 54.7 Å². The average Bonchev–Trinajstić information content (AvgIpc) is 2.53. The molecule has 0 radical (unpaired) electrons. The first-order valence-corrected chi connectivity index (χ1v) is 9.67. The van der Waals surface area contributed by atoms with Gasteiger partial charge in [0.25, 0.3) is 0 Å². The van der Waals surface area contributed by atoms with Crippen molar-refractivity contribution in [3.8, 4) is 0 Å². The van der Waals surface area contributed by atoms with Gasteiger partial charge in [-0.25, -0.2) is 9.59 Å². The molecule has 0 aliphatic rings. The van der Waals surface area contributed by atoms with Gasteiger partial charge >= 0.3 is 11.9 Å². The summed E-state index contributed by atoms with van der Waals surface area (Å²) in [5.41, 5.74) is 1.62. The number of benzene rings is 1. The van der Waals surface area contributed by atoms with Crippen LogP contribution in [0.4, 0.5) is 0 Å². The molecule has 0 amide bonds. The number of hydrogen-bond acceptors (Lipinski definition) is 4. The summed E-state index contributed by atoms with van der Waals surface area (Å²) >= 11 is 0. The zero-order chi connectivity index (χ0) is 19.7. The van der Waals surface area contributed by atoms with Crippen LogP contribution in [0, 0.1) is 17.8 Å². The second kappa shape index (κ2) is 11.0. The van der Waals surface area contributed by atoms with E-state index in [0.29, 0.717) is 36.5 Å². The second-order valence-corrected chi connectivity index (χ2v) is 8.11. The first kappa shape index (κ1) is 22.2. The molecule has 0 saturated heterocycles. The minimum Gasteiger partial charge on any atom is -0.462 e. The molecule has 0 heterocycles. The quantitative estimate of drug-likeness (QED) is 0.531. The van der Waals surface area contributed by atoms with Gasteiger partial charge in [0.1, 0.15) is 0 Å². The monoisotopic (exact) mass is 362 g/mol. The number of esters is 2. The van der Waals surface area contributed by atoms with E-state index in [-0.39, 0.29) is 5.56 Å². The van der Waals surface area contributed by atoms with Gasteiger partial charge < -0.3 is 9.47 Å². The summed E-state index contributed by atoms with van der Waals surface area (Å²) in [4.78, 5) is 25.0.